The summed E-state index contributed by atoms with van der Waals surface area (Å²) in [6, 6.07) is 0. The SMILES string of the molecule is CC(C)(C)C(=O)CC1CCCCC1. The summed E-state index contributed by atoms with van der Waals surface area (Å²) in [4.78, 5) is 11.7. The highest BCUT2D eigenvalue weighted by Gasteiger charge is 2.25. The summed E-state index contributed by atoms with van der Waals surface area (Å²) in [5.41, 5.74) is -0.128. The van der Waals surface area contributed by atoms with Crippen molar-refractivity contribution < 1.29 is 4.79 Å². The molecule has 0 heterocycles. The molecule has 1 aliphatic rings. The molecule has 1 fully saturated rings. The van der Waals surface area contributed by atoms with E-state index in [4.69, 9.17) is 0 Å². The summed E-state index contributed by atoms with van der Waals surface area (Å²) in [6.45, 7) is 6.08. The van der Waals surface area contributed by atoms with E-state index in [1.807, 2.05) is 20.8 Å². The maximum Gasteiger partial charge on any atom is 0.138 e. The van der Waals surface area contributed by atoms with Gasteiger partial charge in [0.1, 0.15) is 5.78 Å². The van der Waals surface area contributed by atoms with E-state index >= 15 is 0 Å². The highest BCUT2D eigenvalue weighted by Crippen LogP contribution is 2.29. The lowest BCUT2D eigenvalue weighted by molar-refractivity contribution is -0.127. The molecule has 13 heavy (non-hydrogen) atoms. The molecule has 1 aliphatic carbocycles. The predicted octanol–water partition coefficient (Wildman–Crippen LogP) is 3.57. The fourth-order valence-electron chi connectivity index (χ4n) is 1.96. The zero-order chi connectivity index (χ0) is 9.90. The molecule has 1 nitrogen and oxygen atoms in total. The molecule has 0 aromatic heterocycles. The second-order valence-electron chi connectivity index (χ2n) is 5.38. The largest absolute Gasteiger partial charge is 0.299 e. The third-order valence-corrected chi connectivity index (χ3v) is 3.04. The Morgan fingerprint density at radius 2 is 1.69 bits per heavy atom. The smallest absolute Gasteiger partial charge is 0.138 e. The second kappa shape index (κ2) is 4.26. The Kier molecular flexibility index (Phi) is 3.52. The van der Waals surface area contributed by atoms with Crippen LogP contribution in [0.4, 0.5) is 0 Å². The topological polar surface area (TPSA) is 17.1 Å². The molecule has 0 atom stereocenters. The van der Waals surface area contributed by atoms with Gasteiger partial charge >= 0.3 is 0 Å². The fourth-order valence-corrected chi connectivity index (χ4v) is 1.96. The van der Waals surface area contributed by atoms with Crippen molar-refractivity contribution in [2.45, 2.75) is 59.3 Å². The van der Waals surface area contributed by atoms with Crippen LogP contribution in [0.1, 0.15) is 59.3 Å². The summed E-state index contributed by atoms with van der Waals surface area (Å²) in [5.74, 6) is 1.14. The van der Waals surface area contributed by atoms with E-state index < -0.39 is 0 Å². The number of hydrogen-bond donors (Lipinski definition) is 0. The molecule has 0 unspecified atom stereocenters. The summed E-state index contributed by atoms with van der Waals surface area (Å²) in [5, 5.41) is 0. The molecule has 1 heteroatoms. The van der Waals surface area contributed by atoms with Gasteiger partial charge < -0.3 is 0 Å². The Bertz CT molecular complexity index is 170. The van der Waals surface area contributed by atoms with Crippen LogP contribution in [-0.2, 0) is 4.79 Å². The molecule has 0 amide bonds. The van der Waals surface area contributed by atoms with Crippen LogP contribution in [0.25, 0.3) is 0 Å². The third-order valence-electron chi connectivity index (χ3n) is 3.04. The van der Waals surface area contributed by atoms with Gasteiger partial charge in [-0.1, -0.05) is 52.9 Å². The molecule has 0 bridgehead atoms. The van der Waals surface area contributed by atoms with E-state index in [1.165, 1.54) is 32.1 Å². The zero-order valence-electron chi connectivity index (χ0n) is 9.23. The lowest BCUT2D eigenvalue weighted by Crippen LogP contribution is -2.23. The van der Waals surface area contributed by atoms with Gasteiger partial charge in [-0.15, -0.1) is 0 Å². The van der Waals surface area contributed by atoms with Crippen LogP contribution in [0.3, 0.4) is 0 Å². The van der Waals surface area contributed by atoms with Crippen LogP contribution in [0.2, 0.25) is 0 Å². The first-order valence-corrected chi connectivity index (χ1v) is 5.53. The highest BCUT2D eigenvalue weighted by atomic mass is 16.1. The lowest BCUT2D eigenvalue weighted by Gasteiger charge is -2.24. The first-order chi connectivity index (χ1) is 6.00. The minimum absolute atomic E-state index is 0.128. The number of rotatable bonds is 2. The van der Waals surface area contributed by atoms with Gasteiger partial charge in [0.25, 0.3) is 0 Å². The zero-order valence-corrected chi connectivity index (χ0v) is 9.23. The van der Waals surface area contributed by atoms with E-state index in [0.29, 0.717) is 11.7 Å². The van der Waals surface area contributed by atoms with Gasteiger partial charge in [-0.05, 0) is 5.92 Å². The van der Waals surface area contributed by atoms with Gasteiger partial charge in [-0.2, -0.15) is 0 Å². The molecule has 0 saturated heterocycles. The number of Topliss-reactive ketones (excluding diaryl/α,β-unsaturated/α-hetero) is 1. The Hall–Kier alpha value is -0.330. The van der Waals surface area contributed by atoms with Crippen molar-refractivity contribution in [3.63, 3.8) is 0 Å². The molecular formula is C12H22O. The highest BCUT2D eigenvalue weighted by molar-refractivity contribution is 5.83. The average Bonchev–Trinajstić information content (AvgIpc) is 2.04. The van der Waals surface area contributed by atoms with Gasteiger partial charge in [0.15, 0.2) is 0 Å². The fraction of sp³-hybridized carbons (Fsp3) is 0.917. The van der Waals surface area contributed by atoms with Crippen molar-refractivity contribution in [3.8, 4) is 0 Å². The normalized spacial score (nSPS) is 20.2. The van der Waals surface area contributed by atoms with Crippen molar-refractivity contribution in [3.05, 3.63) is 0 Å². The van der Waals surface area contributed by atoms with Gasteiger partial charge in [0.2, 0.25) is 0 Å². The number of carbonyl (C=O) groups excluding carboxylic acids is 1. The molecule has 76 valence electrons. The van der Waals surface area contributed by atoms with Crippen LogP contribution < -0.4 is 0 Å². The quantitative estimate of drug-likeness (QED) is 0.638. The molecule has 0 aliphatic heterocycles. The summed E-state index contributed by atoms with van der Waals surface area (Å²) in [6.07, 6.45) is 7.43. The summed E-state index contributed by atoms with van der Waals surface area (Å²) in [7, 11) is 0. The van der Waals surface area contributed by atoms with Crippen molar-refractivity contribution in [1.82, 2.24) is 0 Å². The average molecular weight is 182 g/mol. The van der Waals surface area contributed by atoms with Crippen LogP contribution in [0, 0.1) is 11.3 Å². The van der Waals surface area contributed by atoms with Gasteiger partial charge in [-0.25, -0.2) is 0 Å². The van der Waals surface area contributed by atoms with Crippen LogP contribution in [0.15, 0.2) is 0 Å². The van der Waals surface area contributed by atoms with Crippen LogP contribution >= 0.6 is 0 Å². The van der Waals surface area contributed by atoms with Crippen molar-refractivity contribution in [2.75, 3.05) is 0 Å². The molecule has 0 N–H and O–H groups in total. The third kappa shape index (κ3) is 3.50. The van der Waals surface area contributed by atoms with E-state index in [2.05, 4.69) is 0 Å². The van der Waals surface area contributed by atoms with Crippen LogP contribution in [0.5, 0.6) is 0 Å². The standard InChI is InChI=1S/C12H22O/c1-12(2,3)11(13)9-10-7-5-4-6-8-10/h10H,4-9H2,1-3H3. The second-order valence-corrected chi connectivity index (χ2v) is 5.38. The Balaban J connectivity index is 2.35. The Labute approximate surface area is 81.9 Å². The summed E-state index contributed by atoms with van der Waals surface area (Å²) >= 11 is 0. The first-order valence-electron chi connectivity index (χ1n) is 5.53. The molecule has 1 saturated carbocycles. The number of carbonyl (C=O) groups is 1. The van der Waals surface area contributed by atoms with Gasteiger partial charge in [0.05, 0.1) is 0 Å². The Morgan fingerprint density at radius 3 is 2.15 bits per heavy atom. The van der Waals surface area contributed by atoms with E-state index in [9.17, 15) is 4.79 Å². The predicted molar refractivity (Wildman–Crippen MR) is 55.7 cm³/mol. The molecule has 0 aromatic rings. The van der Waals surface area contributed by atoms with E-state index in [1.54, 1.807) is 0 Å². The monoisotopic (exact) mass is 182 g/mol. The number of ketones is 1. The van der Waals surface area contributed by atoms with Gasteiger partial charge in [0, 0.05) is 11.8 Å². The van der Waals surface area contributed by atoms with E-state index in [-0.39, 0.29) is 5.41 Å². The minimum Gasteiger partial charge on any atom is -0.299 e. The van der Waals surface area contributed by atoms with E-state index in [0.717, 1.165) is 6.42 Å². The van der Waals surface area contributed by atoms with Crippen molar-refractivity contribution in [2.24, 2.45) is 11.3 Å². The maximum absolute atomic E-state index is 11.7. The maximum atomic E-state index is 11.7. The van der Waals surface area contributed by atoms with Crippen molar-refractivity contribution >= 4 is 5.78 Å². The summed E-state index contributed by atoms with van der Waals surface area (Å²) < 4.78 is 0. The number of hydrogen-bond acceptors (Lipinski definition) is 1. The van der Waals surface area contributed by atoms with Gasteiger partial charge in [-0.3, -0.25) is 4.79 Å². The molecule has 0 spiro atoms. The Morgan fingerprint density at radius 1 is 1.15 bits per heavy atom. The van der Waals surface area contributed by atoms with Crippen LogP contribution in [-0.4, -0.2) is 5.78 Å². The molecular weight excluding hydrogens is 160 g/mol. The first kappa shape index (κ1) is 10.7. The minimum atomic E-state index is -0.128. The van der Waals surface area contributed by atoms with Crippen molar-refractivity contribution in [1.29, 1.82) is 0 Å². The molecule has 0 aromatic carbocycles. The molecule has 0 radical (unpaired) electrons. The lowest BCUT2D eigenvalue weighted by atomic mass is 9.80. The molecule has 1 rings (SSSR count).